The molecule has 0 unspecified atom stereocenters. The van der Waals surface area contributed by atoms with Crippen LogP contribution in [0.1, 0.15) is 35.7 Å². The van der Waals surface area contributed by atoms with Gasteiger partial charge in [0.25, 0.3) is 11.8 Å². The maximum absolute atomic E-state index is 12.5. The molecule has 2 aromatic rings. The van der Waals surface area contributed by atoms with Gasteiger partial charge in [-0.1, -0.05) is 25.1 Å². The highest BCUT2D eigenvalue weighted by Gasteiger charge is 2.18. The molecule has 1 atom stereocenters. The molecule has 2 aromatic carbocycles. The fraction of sp³-hybridized carbons (Fsp3) is 0.364. The van der Waals surface area contributed by atoms with Gasteiger partial charge in [0, 0.05) is 13.2 Å². The lowest BCUT2D eigenvalue weighted by Crippen LogP contribution is -2.32. The molecule has 2 N–H and O–H groups in total. The molecule has 0 aromatic heterocycles. The molecule has 29 heavy (non-hydrogen) atoms. The van der Waals surface area contributed by atoms with E-state index in [1.807, 2.05) is 18.2 Å². The Balaban J connectivity index is 1.56. The minimum Gasteiger partial charge on any atom is -0.483 e. The van der Waals surface area contributed by atoms with Gasteiger partial charge in [0.05, 0.1) is 21.8 Å². The molecule has 7 heteroatoms. The molecule has 0 radical (unpaired) electrons. The molecule has 2 amide bonds. The van der Waals surface area contributed by atoms with E-state index in [0.29, 0.717) is 23.5 Å². The molecule has 0 spiro atoms. The Labute approximate surface area is 179 Å². The number of carbonyl (C=O) groups is 2. The molecule has 1 fully saturated rings. The summed E-state index contributed by atoms with van der Waals surface area (Å²) >= 11 is 3.46. The fourth-order valence-electron chi connectivity index (χ4n) is 3.11. The number of anilines is 1. The number of rotatable bonds is 8. The molecular weight excluding hydrogens is 436 g/mol. The average molecular weight is 461 g/mol. The average Bonchev–Trinajstić information content (AvgIpc) is 3.25. The Morgan fingerprint density at radius 2 is 2.07 bits per heavy atom. The van der Waals surface area contributed by atoms with E-state index in [9.17, 15) is 9.59 Å². The second kappa shape index (κ2) is 10.4. The summed E-state index contributed by atoms with van der Waals surface area (Å²) in [5.74, 6) is 0.0194. The van der Waals surface area contributed by atoms with E-state index in [1.54, 1.807) is 24.3 Å². The summed E-state index contributed by atoms with van der Waals surface area (Å²) in [7, 11) is 0. The van der Waals surface area contributed by atoms with Gasteiger partial charge in [-0.05, 0) is 65.0 Å². The van der Waals surface area contributed by atoms with Crippen molar-refractivity contribution in [3.8, 4) is 5.75 Å². The molecule has 0 aliphatic carbocycles. The molecule has 1 saturated heterocycles. The minimum atomic E-state index is -0.337. The summed E-state index contributed by atoms with van der Waals surface area (Å²) < 4.78 is 11.9. The summed E-state index contributed by atoms with van der Waals surface area (Å²) in [6.45, 7) is 3.12. The highest BCUT2D eigenvalue weighted by molar-refractivity contribution is 9.10. The van der Waals surface area contributed by atoms with E-state index in [1.165, 1.54) is 5.56 Å². The van der Waals surface area contributed by atoms with Crippen LogP contribution in [0.25, 0.3) is 0 Å². The van der Waals surface area contributed by atoms with Gasteiger partial charge in [-0.25, -0.2) is 0 Å². The second-order valence-corrected chi connectivity index (χ2v) is 7.70. The zero-order valence-corrected chi connectivity index (χ0v) is 18.0. The summed E-state index contributed by atoms with van der Waals surface area (Å²) in [6, 6.07) is 12.7. The third kappa shape index (κ3) is 6.05. The van der Waals surface area contributed by atoms with Crippen molar-refractivity contribution < 1.29 is 19.1 Å². The van der Waals surface area contributed by atoms with Crippen molar-refractivity contribution >= 4 is 33.4 Å². The Kier molecular flexibility index (Phi) is 7.66. The third-order valence-electron chi connectivity index (χ3n) is 4.72. The van der Waals surface area contributed by atoms with E-state index >= 15 is 0 Å². The quantitative estimate of drug-likeness (QED) is 0.625. The number of nitrogens with one attached hydrogen (secondary N) is 2. The standard InChI is InChI=1S/C22H25BrN2O4/c1-2-15-9-10-20(18(23)12-15)29-14-21(26)25-19-8-4-3-7-17(19)22(27)24-13-16-6-5-11-28-16/h3-4,7-10,12,16H,2,5-6,11,13-14H2,1H3,(H,24,27)(H,25,26)/t16-/m1/s1. The molecule has 1 aliphatic rings. The van der Waals surface area contributed by atoms with Crippen LogP contribution in [0.2, 0.25) is 0 Å². The second-order valence-electron chi connectivity index (χ2n) is 6.85. The van der Waals surface area contributed by atoms with Gasteiger partial charge in [0.15, 0.2) is 6.61 Å². The fourth-order valence-corrected chi connectivity index (χ4v) is 3.65. The minimum absolute atomic E-state index is 0.0617. The topological polar surface area (TPSA) is 76.7 Å². The Bertz CT molecular complexity index is 866. The highest BCUT2D eigenvalue weighted by Crippen LogP contribution is 2.26. The van der Waals surface area contributed by atoms with Crippen LogP contribution in [0.3, 0.4) is 0 Å². The number of ether oxygens (including phenoxy) is 2. The summed E-state index contributed by atoms with van der Waals surface area (Å²) in [5.41, 5.74) is 2.04. The first-order valence-corrected chi connectivity index (χ1v) is 10.6. The summed E-state index contributed by atoms with van der Waals surface area (Å²) in [5, 5.41) is 5.64. The first-order chi connectivity index (χ1) is 14.1. The lowest BCUT2D eigenvalue weighted by Gasteiger charge is -2.14. The maximum atomic E-state index is 12.5. The number of halogens is 1. The van der Waals surface area contributed by atoms with Gasteiger partial charge in [-0.2, -0.15) is 0 Å². The Morgan fingerprint density at radius 3 is 2.79 bits per heavy atom. The van der Waals surface area contributed by atoms with Crippen LogP contribution >= 0.6 is 15.9 Å². The van der Waals surface area contributed by atoms with Crippen molar-refractivity contribution in [3.63, 3.8) is 0 Å². The SMILES string of the molecule is CCc1ccc(OCC(=O)Nc2ccccc2C(=O)NC[C@H]2CCCO2)c(Br)c1. The van der Waals surface area contributed by atoms with Crippen molar-refractivity contribution in [1.29, 1.82) is 0 Å². The monoisotopic (exact) mass is 460 g/mol. The number of aryl methyl sites for hydroxylation is 1. The van der Waals surface area contributed by atoms with Gasteiger partial charge in [0.1, 0.15) is 5.75 Å². The lowest BCUT2D eigenvalue weighted by molar-refractivity contribution is -0.118. The van der Waals surface area contributed by atoms with Crippen molar-refractivity contribution in [3.05, 3.63) is 58.1 Å². The molecule has 0 saturated carbocycles. The molecule has 0 bridgehead atoms. The largest absolute Gasteiger partial charge is 0.483 e. The van der Waals surface area contributed by atoms with Crippen LogP contribution in [0.5, 0.6) is 5.75 Å². The molecular formula is C22H25BrN2O4. The van der Waals surface area contributed by atoms with E-state index in [-0.39, 0.29) is 24.5 Å². The molecule has 154 valence electrons. The number of hydrogen-bond acceptors (Lipinski definition) is 4. The van der Waals surface area contributed by atoms with Gasteiger partial charge in [-0.15, -0.1) is 0 Å². The van der Waals surface area contributed by atoms with Crippen LogP contribution < -0.4 is 15.4 Å². The van der Waals surface area contributed by atoms with E-state index in [4.69, 9.17) is 9.47 Å². The number of para-hydroxylation sites is 1. The zero-order valence-electron chi connectivity index (χ0n) is 16.4. The number of benzene rings is 2. The Morgan fingerprint density at radius 1 is 1.24 bits per heavy atom. The normalized spacial score (nSPS) is 15.7. The van der Waals surface area contributed by atoms with Gasteiger partial charge in [0.2, 0.25) is 0 Å². The maximum Gasteiger partial charge on any atom is 0.262 e. The lowest BCUT2D eigenvalue weighted by atomic mass is 10.1. The first kappa shape index (κ1) is 21.3. The number of carbonyl (C=O) groups excluding carboxylic acids is 2. The third-order valence-corrected chi connectivity index (χ3v) is 5.34. The first-order valence-electron chi connectivity index (χ1n) is 9.76. The van der Waals surface area contributed by atoms with E-state index in [2.05, 4.69) is 33.5 Å². The smallest absolute Gasteiger partial charge is 0.262 e. The number of amides is 2. The summed E-state index contributed by atoms with van der Waals surface area (Å²) in [4.78, 5) is 24.9. The van der Waals surface area contributed by atoms with Crippen LogP contribution in [0, 0.1) is 0 Å². The van der Waals surface area contributed by atoms with Crippen LogP contribution in [0.4, 0.5) is 5.69 Å². The molecule has 3 rings (SSSR count). The van der Waals surface area contributed by atoms with Crippen molar-refractivity contribution in [2.75, 3.05) is 25.1 Å². The van der Waals surface area contributed by atoms with E-state index in [0.717, 1.165) is 30.3 Å². The Hall–Kier alpha value is -2.38. The zero-order chi connectivity index (χ0) is 20.6. The van der Waals surface area contributed by atoms with Gasteiger partial charge < -0.3 is 20.1 Å². The predicted octanol–water partition coefficient (Wildman–Crippen LogP) is 3.94. The van der Waals surface area contributed by atoms with Crippen LogP contribution in [-0.2, 0) is 16.0 Å². The van der Waals surface area contributed by atoms with Crippen molar-refractivity contribution in [1.82, 2.24) is 5.32 Å². The predicted molar refractivity (Wildman–Crippen MR) is 115 cm³/mol. The molecule has 1 aliphatic heterocycles. The van der Waals surface area contributed by atoms with Crippen molar-refractivity contribution in [2.24, 2.45) is 0 Å². The van der Waals surface area contributed by atoms with E-state index < -0.39 is 0 Å². The number of hydrogen-bond donors (Lipinski definition) is 2. The molecule has 1 heterocycles. The highest BCUT2D eigenvalue weighted by atomic mass is 79.9. The van der Waals surface area contributed by atoms with Gasteiger partial charge >= 0.3 is 0 Å². The molecule has 6 nitrogen and oxygen atoms in total. The van der Waals surface area contributed by atoms with Crippen molar-refractivity contribution in [2.45, 2.75) is 32.3 Å². The van der Waals surface area contributed by atoms with Crippen LogP contribution in [0.15, 0.2) is 46.9 Å². The summed E-state index contributed by atoms with van der Waals surface area (Å²) in [6.07, 6.45) is 2.95. The van der Waals surface area contributed by atoms with Gasteiger partial charge in [-0.3, -0.25) is 9.59 Å². The van der Waals surface area contributed by atoms with Crippen LogP contribution in [-0.4, -0.2) is 37.7 Å².